The van der Waals surface area contributed by atoms with Crippen LogP contribution in [0.15, 0.2) is 29.2 Å². The highest BCUT2D eigenvalue weighted by Gasteiger charge is 2.26. The molecule has 5 nitrogen and oxygen atoms in total. The Morgan fingerprint density at radius 1 is 1.26 bits per heavy atom. The largest absolute Gasteiger partial charge is 0.497 e. The molecule has 1 rings (SSSR count). The Morgan fingerprint density at radius 2 is 1.84 bits per heavy atom. The fraction of sp³-hybridized carbons (Fsp3) is 0.538. The summed E-state index contributed by atoms with van der Waals surface area (Å²) in [5.41, 5.74) is 5.46. The van der Waals surface area contributed by atoms with Gasteiger partial charge in [0, 0.05) is 12.6 Å². The highest BCUT2D eigenvalue weighted by Crippen LogP contribution is 2.21. The Hall–Kier alpha value is -1.11. The molecule has 6 heteroatoms. The van der Waals surface area contributed by atoms with Gasteiger partial charge in [0.25, 0.3) is 0 Å². The fourth-order valence-corrected chi connectivity index (χ4v) is 3.46. The van der Waals surface area contributed by atoms with Crippen molar-refractivity contribution in [1.29, 1.82) is 0 Å². The maximum absolute atomic E-state index is 12.5. The summed E-state index contributed by atoms with van der Waals surface area (Å²) in [7, 11) is -1.93. The van der Waals surface area contributed by atoms with E-state index in [0.717, 1.165) is 0 Å². The van der Waals surface area contributed by atoms with E-state index in [1.54, 1.807) is 31.4 Å². The molecule has 0 amide bonds. The summed E-state index contributed by atoms with van der Waals surface area (Å²) in [6, 6.07) is 6.32. The molecular weight excluding hydrogens is 264 g/mol. The van der Waals surface area contributed by atoms with Gasteiger partial charge in [-0.3, -0.25) is 0 Å². The predicted molar refractivity (Wildman–Crippen MR) is 75.7 cm³/mol. The Balaban J connectivity index is 3.04. The van der Waals surface area contributed by atoms with Gasteiger partial charge in [0.2, 0.25) is 10.0 Å². The van der Waals surface area contributed by atoms with Crippen molar-refractivity contribution in [3.8, 4) is 5.75 Å². The maximum Gasteiger partial charge on any atom is 0.243 e. The minimum atomic E-state index is -3.48. The zero-order valence-corrected chi connectivity index (χ0v) is 12.5. The SMILES string of the molecule is COc1ccc(S(=O)(=O)N(CCCN)C(C)C)cc1. The smallest absolute Gasteiger partial charge is 0.243 e. The van der Waals surface area contributed by atoms with Crippen LogP contribution in [0.2, 0.25) is 0 Å². The Morgan fingerprint density at radius 3 is 2.26 bits per heavy atom. The number of methoxy groups -OCH3 is 1. The van der Waals surface area contributed by atoms with E-state index in [9.17, 15) is 8.42 Å². The third-order valence-electron chi connectivity index (χ3n) is 2.82. The number of nitrogens with zero attached hydrogens (tertiary/aromatic N) is 1. The van der Waals surface area contributed by atoms with E-state index in [0.29, 0.717) is 25.3 Å². The highest BCUT2D eigenvalue weighted by atomic mass is 32.2. The molecule has 1 aromatic rings. The first kappa shape index (κ1) is 15.9. The number of nitrogens with two attached hydrogens (primary N) is 1. The Kier molecular flexibility index (Phi) is 5.78. The van der Waals surface area contributed by atoms with Gasteiger partial charge in [-0.15, -0.1) is 0 Å². The summed E-state index contributed by atoms with van der Waals surface area (Å²) >= 11 is 0. The Labute approximate surface area is 115 Å². The van der Waals surface area contributed by atoms with Crippen molar-refractivity contribution in [3.05, 3.63) is 24.3 Å². The monoisotopic (exact) mass is 286 g/mol. The molecule has 0 aliphatic rings. The third kappa shape index (κ3) is 3.92. The van der Waals surface area contributed by atoms with Crippen molar-refractivity contribution >= 4 is 10.0 Å². The van der Waals surface area contributed by atoms with Crippen molar-refractivity contribution in [2.45, 2.75) is 31.2 Å². The van der Waals surface area contributed by atoms with Crippen LogP contribution in [0.3, 0.4) is 0 Å². The van der Waals surface area contributed by atoms with Gasteiger partial charge in [-0.25, -0.2) is 8.42 Å². The molecule has 0 aromatic heterocycles. The van der Waals surface area contributed by atoms with Crippen LogP contribution < -0.4 is 10.5 Å². The standard InChI is InChI=1S/C13H22N2O3S/c1-11(2)15(10-4-9-14)19(16,17)13-7-5-12(18-3)6-8-13/h5-8,11H,4,9-10,14H2,1-3H3. The van der Waals surface area contributed by atoms with Gasteiger partial charge in [0.05, 0.1) is 12.0 Å². The molecule has 0 heterocycles. The normalized spacial score (nSPS) is 12.1. The van der Waals surface area contributed by atoms with Crippen LogP contribution in [-0.4, -0.2) is 39.0 Å². The van der Waals surface area contributed by atoms with Gasteiger partial charge < -0.3 is 10.5 Å². The quantitative estimate of drug-likeness (QED) is 0.823. The van der Waals surface area contributed by atoms with E-state index in [2.05, 4.69) is 0 Å². The molecule has 1 aromatic carbocycles. The van der Waals surface area contributed by atoms with Crippen LogP contribution >= 0.6 is 0 Å². The van der Waals surface area contributed by atoms with Crippen molar-refractivity contribution in [2.24, 2.45) is 5.73 Å². The number of hydrogen-bond acceptors (Lipinski definition) is 4. The van der Waals surface area contributed by atoms with Crippen molar-refractivity contribution in [1.82, 2.24) is 4.31 Å². The summed E-state index contributed by atoms with van der Waals surface area (Å²) in [6.45, 7) is 4.62. The summed E-state index contributed by atoms with van der Waals surface area (Å²) in [6.07, 6.45) is 0.646. The molecule has 0 spiro atoms. The second-order valence-electron chi connectivity index (χ2n) is 4.53. The van der Waals surface area contributed by atoms with Gasteiger partial charge in [-0.05, 0) is 51.1 Å². The zero-order chi connectivity index (χ0) is 14.5. The Bertz CT molecular complexity index is 483. The summed E-state index contributed by atoms with van der Waals surface area (Å²) in [5.74, 6) is 0.636. The van der Waals surface area contributed by atoms with Crippen LogP contribution in [0.4, 0.5) is 0 Å². The first-order valence-corrected chi connectivity index (χ1v) is 7.73. The van der Waals surface area contributed by atoms with Gasteiger partial charge in [0.1, 0.15) is 5.75 Å². The lowest BCUT2D eigenvalue weighted by Gasteiger charge is -2.25. The van der Waals surface area contributed by atoms with E-state index >= 15 is 0 Å². The molecule has 0 unspecified atom stereocenters. The summed E-state index contributed by atoms with van der Waals surface area (Å²) < 4.78 is 31.6. The molecule has 0 aliphatic heterocycles. The second kappa shape index (κ2) is 6.88. The summed E-state index contributed by atoms with van der Waals surface area (Å²) in [5, 5.41) is 0. The van der Waals surface area contributed by atoms with E-state index in [-0.39, 0.29) is 10.9 Å². The number of hydrogen-bond donors (Lipinski definition) is 1. The zero-order valence-electron chi connectivity index (χ0n) is 11.7. The molecule has 0 fully saturated rings. The highest BCUT2D eigenvalue weighted by molar-refractivity contribution is 7.89. The van der Waals surface area contributed by atoms with Gasteiger partial charge in [-0.1, -0.05) is 0 Å². The van der Waals surface area contributed by atoms with E-state index < -0.39 is 10.0 Å². The lowest BCUT2D eigenvalue weighted by Crippen LogP contribution is -2.38. The fourth-order valence-electron chi connectivity index (χ4n) is 1.79. The van der Waals surface area contributed by atoms with Crippen molar-refractivity contribution < 1.29 is 13.2 Å². The topological polar surface area (TPSA) is 72.6 Å². The number of rotatable bonds is 7. The molecule has 2 N–H and O–H groups in total. The van der Waals surface area contributed by atoms with Crippen molar-refractivity contribution in [2.75, 3.05) is 20.2 Å². The van der Waals surface area contributed by atoms with Gasteiger partial charge in [-0.2, -0.15) is 4.31 Å². The van der Waals surface area contributed by atoms with Crippen molar-refractivity contribution in [3.63, 3.8) is 0 Å². The van der Waals surface area contributed by atoms with Crippen LogP contribution in [0.25, 0.3) is 0 Å². The molecule has 0 atom stereocenters. The molecule has 0 saturated carbocycles. The van der Waals surface area contributed by atoms with E-state index in [4.69, 9.17) is 10.5 Å². The minimum absolute atomic E-state index is 0.0985. The van der Waals surface area contributed by atoms with Gasteiger partial charge >= 0.3 is 0 Å². The first-order valence-electron chi connectivity index (χ1n) is 6.29. The molecule has 19 heavy (non-hydrogen) atoms. The average Bonchev–Trinajstić information content (AvgIpc) is 2.38. The number of ether oxygens (including phenoxy) is 1. The minimum Gasteiger partial charge on any atom is -0.497 e. The van der Waals surface area contributed by atoms with E-state index in [1.807, 2.05) is 13.8 Å². The van der Waals surface area contributed by atoms with Gasteiger partial charge in [0.15, 0.2) is 0 Å². The first-order chi connectivity index (χ1) is 8.93. The maximum atomic E-state index is 12.5. The van der Waals surface area contributed by atoms with Crippen LogP contribution in [-0.2, 0) is 10.0 Å². The predicted octanol–water partition coefficient (Wildman–Crippen LogP) is 1.44. The summed E-state index contributed by atoms with van der Waals surface area (Å²) in [4.78, 5) is 0.277. The van der Waals surface area contributed by atoms with E-state index in [1.165, 1.54) is 4.31 Å². The lowest BCUT2D eigenvalue weighted by atomic mass is 10.3. The van der Waals surface area contributed by atoms with Crippen LogP contribution in [0.1, 0.15) is 20.3 Å². The second-order valence-corrected chi connectivity index (χ2v) is 6.42. The lowest BCUT2D eigenvalue weighted by molar-refractivity contribution is 0.351. The molecular formula is C13H22N2O3S. The third-order valence-corrected chi connectivity index (χ3v) is 4.91. The van der Waals surface area contributed by atoms with Crippen LogP contribution in [0.5, 0.6) is 5.75 Å². The molecule has 0 saturated heterocycles. The van der Waals surface area contributed by atoms with Crippen LogP contribution in [0, 0.1) is 0 Å². The molecule has 0 aliphatic carbocycles. The number of sulfonamides is 1. The number of benzene rings is 1. The molecule has 0 bridgehead atoms. The average molecular weight is 286 g/mol. The molecule has 108 valence electrons. The molecule has 0 radical (unpaired) electrons.